The fraction of sp³-hybridized carbons (Fsp3) is 0.500. The first kappa shape index (κ1) is 13.0. The summed E-state index contributed by atoms with van der Waals surface area (Å²) in [6.45, 7) is 5.64. The Hall–Kier alpha value is -1.42. The van der Waals surface area contributed by atoms with E-state index in [2.05, 4.69) is 24.5 Å². The van der Waals surface area contributed by atoms with Gasteiger partial charge >= 0.3 is 0 Å². The van der Waals surface area contributed by atoms with Crippen LogP contribution in [0.2, 0.25) is 0 Å². The number of carbonyl (C=O) groups is 1. The molecule has 4 heteroatoms. The maximum atomic E-state index is 12.7. The Balaban J connectivity index is 1.68. The summed E-state index contributed by atoms with van der Waals surface area (Å²) in [5.41, 5.74) is 1.05. The minimum Gasteiger partial charge on any atom is -0.325 e. The molecule has 1 fully saturated rings. The van der Waals surface area contributed by atoms with Gasteiger partial charge in [0.1, 0.15) is 5.82 Å². The van der Waals surface area contributed by atoms with Gasteiger partial charge in [0.25, 0.3) is 0 Å². The van der Waals surface area contributed by atoms with Crippen molar-refractivity contribution in [3.05, 3.63) is 30.1 Å². The Labute approximate surface area is 107 Å². The van der Waals surface area contributed by atoms with Crippen LogP contribution in [0.5, 0.6) is 0 Å². The Bertz CT molecular complexity index is 428. The molecule has 1 amide bonds. The molecule has 18 heavy (non-hydrogen) atoms. The van der Waals surface area contributed by atoms with E-state index >= 15 is 0 Å². The predicted molar refractivity (Wildman–Crippen MR) is 69.8 cm³/mol. The van der Waals surface area contributed by atoms with Gasteiger partial charge in [0.15, 0.2) is 0 Å². The highest BCUT2D eigenvalue weighted by Gasteiger charge is 2.44. The second kappa shape index (κ2) is 5.06. The molecule has 0 spiro atoms. The Morgan fingerprint density at radius 3 is 2.56 bits per heavy atom. The van der Waals surface area contributed by atoms with E-state index in [1.807, 2.05) is 0 Å². The van der Waals surface area contributed by atoms with Crippen LogP contribution in [0.25, 0.3) is 0 Å². The number of amides is 1. The van der Waals surface area contributed by atoms with E-state index in [-0.39, 0.29) is 11.7 Å². The molecule has 1 aliphatic carbocycles. The lowest BCUT2D eigenvalue weighted by Crippen LogP contribution is -2.30. The molecule has 3 nitrogen and oxygen atoms in total. The van der Waals surface area contributed by atoms with Crippen molar-refractivity contribution in [1.29, 1.82) is 0 Å². The quantitative estimate of drug-likeness (QED) is 0.842. The van der Waals surface area contributed by atoms with Crippen molar-refractivity contribution in [2.24, 2.45) is 11.3 Å². The largest absolute Gasteiger partial charge is 0.325 e. The molecule has 1 unspecified atom stereocenters. The normalized spacial score (nSPS) is 20.5. The molecule has 1 aromatic rings. The zero-order valence-electron chi connectivity index (χ0n) is 10.8. The number of anilines is 1. The summed E-state index contributed by atoms with van der Waals surface area (Å²) in [5, 5.41) is 5.86. The van der Waals surface area contributed by atoms with E-state index in [9.17, 15) is 9.18 Å². The third-order valence-electron chi connectivity index (χ3n) is 3.52. The number of hydrogen-bond acceptors (Lipinski definition) is 2. The van der Waals surface area contributed by atoms with Gasteiger partial charge < -0.3 is 10.6 Å². The van der Waals surface area contributed by atoms with Crippen molar-refractivity contribution in [1.82, 2.24) is 5.32 Å². The first-order chi connectivity index (χ1) is 8.47. The molecule has 1 atom stereocenters. The Morgan fingerprint density at radius 1 is 1.39 bits per heavy atom. The molecule has 0 aromatic heterocycles. The van der Waals surface area contributed by atoms with E-state index in [0.717, 1.165) is 6.54 Å². The zero-order valence-corrected chi connectivity index (χ0v) is 10.8. The van der Waals surface area contributed by atoms with Crippen molar-refractivity contribution in [2.45, 2.75) is 20.3 Å². The number of hydrogen-bond donors (Lipinski definition) is 2. The van der Waals surface area contributed by atoms with Gasteiger partial charge in [0.05, 0.1) is 6.54 Å². The number of nitrogens with one attached hydrogen (secondary N) is 2. The monoisotopic (exact) mass is 250 g/mol. The van der Waals surface area contributed by atoms with Crippen LogP contribution in [0.15, 0.2) is 24.3 Å². The average molecular weight is 250 g/mol. The minimum atomic E-state index is -0.304. The fourth-order valence-electron chi connectivity index (χ4n) is 2.02. The number of carbonyl (C=O) groups excluding carboxylic acids is 1. The summed E-state index contributed by atoms with van der Waals surface area (Å²) < 4.78 is 12.7. The highest BCUT2D eigenvalue weighted by Crippen LogP contribution is 2.50. The Kier molecular flexibility index (Phi) is 3.66. The molecule has 1 saturated carbocycles. The number of benzene rings is 1. The summed E-state index contributed by atoms with van der Waals surface area (Å²) in [6.07, 6.45) is 1.22. The second-order valence-corrected chi connectivity index (χ2v) is 5.58. The van der Waals surface area contributed by atoms with Crippen molar-refractivity contribution in [2.75, 3.05) is 18.4 Å². The van der Waals surface area contributed by atoms with Gasteiger partial charge in [-0.25, -0.2) is 4.39 Å². The third kappa shape index (κ3) is 3.53. The van der Waals surface area contributed by atoms with Gasteiger partial charge in [-0.15, -0.1) is 0 Å². The van der Waals surface area contributed by atoms with Gasteiger partial charge in [0.2, 0.25) is 5.91 Å². The summed E-state index contributed by atoms with van der Waals surface area (Å²) in [7, 11) is 0. The average Bonchev–Trinajstić information content (AvgIpc) is 2.90. The third-order valence-corrected chi connectivity index (χ3v) is 3.52. The lowest BCUT2D eigenvalue weighted by atomic mass is 10.1. The van der Waals surface area contributed by atoms with E-state index in [1.54, 1.807) is 12.1 Å². The van der Waals surface area contributed by atoms with E-state index in [0.29, 0.717) is 23.6 Å². The predicted octanol–water partition coefficient (Wildman–Crippen LogP) is 2.40. The van der Waals surface area contributed by atoms with Crippen LogP contribution in [0.4, 0.5) is 10.1 Å². The molecule has 0 radical (unpaired) electrons. The van der Waals surface area contributed by atoms with Crippen LogP contribution in [0.3, 0.4) is 0 Å². The van der Waals surface area contributed by atoms with Crippen LogP contribution < -0.4 is 10.6 Å². The van der Waals surface area contributed by atoms with E-state index < -0.39 is 0 Å². The lowest BCUT2D eigenvalue weighted by molar-refractivity contribution is -0.115. The van der Waals surface area contributed by atoms with Gasteiger partial charge in [-0.05, 0) is 48.6 Å². The maximum absolute atomic E-state index is 12.7. The van der Waals surface area contributed by atoms with Gasteiger partial charge in [-0.3, -0.25) is 4.79 Å². The Morgan fingerprint density at radius 2 is 2.00 bits per heavy atom. The number of halogens is 1. The highest BCUT2D eigenvalue weighted by molar-refractivity contribution is 5.92. The molecule has 0 heterocycles. The van der Waals surface area contributed by atoms with Crippen molar-refractivity contribution in [3.63, 3.8) is 0 Å². The zero-order chi connectivity index (χ0) is 13.2. The van der Waals surface area contributed by atoms with Crippen LogP contribution in [-0.2, 0) is 4.79 Å². The summed E-state index contributed by atoms with van der Waals surface area (Å²) in [4.78, 5) is 11.6. The van der Waals surface area contributed by atoms with E-state index in [4.69, 9.17) is 0 Å². The van der Waals surface area contributed by atoms with Crippen molar-refractivity contribution < 1.29 is 9.18 Å². The molecule has 1 aliphatic rings. The van der Waals surface area contributed by atoms with Crippen molar-refractivity contribution >= 4 is 11.6 Å². The first-order valence-electron chi connectivity index (χ1n) is 6.23. The highest BCUT2D eigenvalue weighted by atomic mass is 19.1. The molecular weight excluding hydrogens is 231 g/mol. The molecule has 0 aliphatic heterocycles. The number of rotatable bonds is 5. The topological polar surface area (TPSA) is 41.1 Å². The minimum absolute atomic E-state index is 0.0972. The molecule has 2 rings (SSSR count). The van der Waals surface area contributed by atoms with Crippen molar-refractivity contribution in [3.8, 4) is 0 Å². The van der Waals surface area contributed by atoms with Crippen LogP contribution >= 0.6 is 0 Å². The first-order valence-corrected chi connectivity index (χ1v) is 6.23. The van der Waals surface area contributed by atoms with Gasteiger partial charge in [-0.1, -0.05) is 13.8 Å². The molecule has 2 N–H and O–H groups in total. The van der Waals surface area contributed by atoms with E-state index in [1.165, 1.54) is 18.6 Å². The summed E-state index contributed by atoms with van der Waals surface area (Å²) in [6, 6.07) is 5.76. The van der Waals surface area contributed by atoms with Gasteiger partial charge in [-0.2, -0.15) is 0 Å². The smallest absolute Gasteiger partial charge is 0.238 e. The standard InChI is InChI=1S/C14H19FN2O/c1-14(2)7-10(14)8-16-9-13(18)17-12-5-3-11(15)4-6-12/h3-6,10,16H,7-9H2,1-2H3,(H,17,18). The molecule has 98 valence electrons. The molecule has 0 bridgehead atoms. The molecule has 1 aromatic carbocycles. The second-order valence-electron chi connectivity index (χ2n) is 5.58. The molecule has 0 saturated heterocycles. The molecular formula is C14H19FN2O. The van der Waals surface area contributed by atoms with Crippen LogP contribution in [0, 0.1) is 17.2 Å². The maximum Gasteiger partial charge on any atom is 0.238 e. The summed E-state index contributed by atoms with van der Waals surface area (Å²) >= 11 is 0. The van der Waals surface area contributed by atoms with Crippen LogP contribution in [-0.4, -0.2) is 19.0 Å². The van der Waals surface area contributed by atoms with Gasteiger partial charge in [0, 0.05) is 5.69 Å². The SMILES string of the molecule is CC1(C)CC1CNCC(=O)Nc1ccc(F)cc1. The lowest BCUT2D eigenvalue weighted by Gasteiger charge is -2.07. The fourth-order valence-corrected chi connectivity index (χ4v) is 2.02. The summed E-state index contributed by atoms with van der Waals surface area (Å²) in [5.74, 6) is 0.276. The van der Waals surface area contributed by atoms with Crippen LogP contribution in [0.1, 0.15) is 20.3 Å².